The minimum atomic E-state index is -0.347. The Labute approximate surface area is 119 Å². The summed E-state index contributed by atoms with van der Waals surface area (Å²) >= 11 is 0. The highest BCUT2D eigenvalue weighted by atomic mass is 19.1. The Morgan fingerprint density at radius 3 is 2.55 bits per heavy atom. The van der Waals surface area contributed by atoms with E-state index in [1.807, 2.05) is 0 Å². The Balaban J connectivity index is 1.96. The number of halogens is 1. The number of hydrazine groups is 1. The van der Waals surface area contributed by atoms with E-state index in [9.17, 15) is 9.18 Å². The fourth-order valence-electron chi connectivity index (χ4n) is 2.83. The molecule has 1 aliphatic rings. The van der Waals surface area contributed by atoms with Gasteiger partial charge in [0.25, 0.3) is 5.91 Å². The highest BCUT2D eigenvalue weighted by molar-refractivity contribution is 5.93. The van der Waals surface area contributed by atoms with E-state index in [-0.39, 0.29) is 17.1 Å². The first-order valence-electron chi connectivity index (χ1n) is 6.89. The predicted octanol–water partition coefficient (Wildman–Crippen LogP) is 3.40. The number of rotatable bonds is 3. The van der Waals surface area contributed by atoms with Gasteiger partial charge in [0.1, 0.15) is 5.82 Å². The predicted molar refractivity (Wildman–Crippen MR) is 77.3 cm³/mol. The second-order valence-electron chi connectivity index (χ2n) is 6.26. The lowest BCUT2D eigenvalue weighted by molar-refractivity contribution is 0.0936. The fraction of sp³-hybridized carbons (Fsp3) is 0.438. The Morgan fingerprint density at radius 2 is 1.95 bits per heavy atom. The van der Waals surface area contributed by atoms with Crippen LogP contribution in [0.5, 0.6) is 0 Å². The molecule has 0 spiro atoms. The summed E-state index contributed by atoms with van der Waals surface area (Å²) < 4.78 is 12.8. The van der Waals surface area contributed by atoms with E-state index in [1.165, 1.54) is 24.3 Å². The number of benzene rings is 1. The van der Waals surface area contributed by atoms with E-state index >= 15 is 0 Å². The van der Waals surface area contributed by atoms with Gasteiger partial charge in [-0.25, -0.2) is 4.39 Å². The van der Waals surface area contributed by atoms with Crippen LogP contribution in [0.25, 0.3) is 0 Å². The molecule has 1 atom stereocenters. The summed E-state index contributed by atoms with van der Waals surface area (Å²) in [6, 6.07) is 5.49. The van der Waals surface area contributed by atoms with Crippen LogP contribution in [0.4, 0.5) is 4.39 Å². The van der Waals surface area contributed by atoms with Gasteiger partial charge in [0.15, 0.2) is 0 Å². The van der Waals surface area contributed by atoms with E-state index < -0.39 is 0 Å². The van der Waals surface area contributed by atoms with Crippen molar-refractivity contribution in [3.05, 3.63) is 47.4 Å². The normalized spacial score (nSPS) is 21.0. The molecule has 0 fully saturated rings. The van der Waals surface area contributed by atoms with Gasteiger partial charge in [-0.05, 0) is 48.4 Å². The highest BCUT2D eigenvalue weighted by Crippen LogP contribution is 2.35. The quantitative estimate of drug-likeness (QED) is 0.831. The molecule has 0 unspecified atom stereocenters. The van der Waals surface area contributed by atoms with Crippen LogP contribution in [-0.2, 0) is 0 Å². The monoisotopic (exact) mass is 276 g/mol. The van der Waals surface area contributed by atoms with E-state index in [0.717, 1.165) is 18.5 Å². The van der Waals surface area contributed by atoms with Crippen LogP contribution in [0.3, 0.4) is 0 Å². The van der Waals surface area contributed by atoms with Crippen molar-refractivity contribution in [2.45, 2.75) is 33.6 Å². The summed E-state index contributed by atoms with van der Waals surface area (Å²) in [6.45, 7) is 6.58. The smallest absolute Gasteiger partial charge is 0.269 e. The average molecular weight is 276 g/mol. The first-order valence-corrected chi connectivity index (χ1v) is 6.89. The van der Waals surface area contributed by atoms with Crippen molar-refractivity contribution < 1.29 is 9.18 Å². The molecule has 0 heterocycles. The number of amides is 1. The topological polar surface area (TPSA) is 41.1 Å². The van der Waals surface area contributed by atoms with Crippen LogP contribution in [0.15, 0.2) is 36.0 Å². The molecule has 0 aromatic heterocycles. The molecule has 1 amide bonds. The third-order valence-electron chi connectivity index (χ3n) is 3.45. The van der Waals surface area contributed by atoms with Crippen molar-refractivity contribution in [1.29, 1.82) is 0 Å². The number of hydrogen-bond donors (Lipinski definition) is 2. The Hall–Kier alpha value is -1.84. The molecule has 1 aromatic carbocycles. The molecule has 4 heteroatoms. The molecule has 20 heavy (non-hydrogen) atoms. The van der Waals surface area contributed by atoms with Gasteiger partial charge < -0.3 is 5.43 Å². The molecular formula is C16H21FN2O. The zero-order valence-electron chi connectivity index (χ0n) is 12.2. The largest absolute Gasteiger partial charge is 0.303 e. The summed E-state index contributed by atoms with van der Waals surface area (Å²) in [6.07, 6.45) is 4.23. The van der Waals surface area contributed by atoms with E-state index in [2.05, 4.69) is 37.7 Å². The first-order chi connectivity index (χ1) is 9.35. The van der Waals surface area contributed by atoms with Crippen molar-refractivity contribution in [2.75, 3.05) is 0 Å². The van der Waals surface area contributed by atoms with E-state index in [1.54, 1.807) is 0 Å². The van der Waals surface area contributed by atoms with E-state index in [4.69, 9.17) is 0 Å². The van der Waals surface area contributed by atoms with Crippen molar-refractivity contribution in [2.24, 2.45) is 11.3 Å². The van der Waals surface area contributed by atoms with Crippen LogP contribution >= 0.6 is 0 Å². The molecule has 2 N–H and O–H groups in total. The van der Waals surface area contributed by atoms with Crippen LogP contribution in [0.1, 0.15) is 44.0 Å². The summed E-state index contributed by atoms with van der Waals surface area (Å²) in [4.78, 5) is 11.9. The summed E-state index contributed by atoms with van der Waals surface area (Å²) in [5, 5.41) is 0. The number of nitrogens with one attached hydrogen (secondary N) is 2. The standard InChI is InChI=1S/C16H21FN2O/c1-11-8-14(10-16(2,3)9-11)18-19-15(20)12-4-6-13(17)7-5-12/h4-7,10-11,18H,8-9H2,1-3H3,(H,19,20)/t11-/m1/s1. The van der Waals surface area contributed by atoms with Crippen LogP contribution in [0, 0.1) is 17.2 Å². The summed E-state index contributed by atoms with van der Waals surface area (Å²) in [7, 11) is 0. The Bertz CT molecular complexity index is 520. The zero-order chi connectivity index (χ0) is 14.8. The maximum atomic E-state index is 12.8. The van der Waals surface area contributed by atoms with Gasteiger partial charge in [0, 0.05) is 11.3 Å². The SMILES string of the molecule is C[C@@H]1CC(NNC(=O)c2ccc(F)cc2)=CC(C)(C)C1. The maximum Gasteiger partial charge on any atom is 0.269 e. The highest BCUT2D eigenvalue weighted by Gasteiger charge is 2.25. The third-order valence-corrected chi connectivity index (χ3v) is 3.45. The minimum Gasteiger partial charge on any atom is -0.303 e. The molecular weight excluding hydrogens is 255 g/mol. The molecule has 1 aromatic rings. The average Bonchev–Trinajstić information content (AvgIpc) is 2.34. The fourth-order valence-corrected chi connectivity index (χ4v) is 2.83. The molecule has 0 bridgehead atoms. The molecule has 0 radical (unpaired) electrons. The molecule has 2 rings (SSSR count). The maximum absolute atomic E-state index is 12.8. The summed E-state index contributed by atoms with van der Waals surface area (Å²) in [5.74, 6) is -0.0257. The van der Waals surface area contributed by atoms with Crippen LogP contribution < -0.4 is 10.9 Å². The van der Waals surface area contributed by atoms with Gasteiger partial charge >= 0.3 is 0 Å². The van der Waals surface area contributed by atoms with Crippen molar-refractivity contribution in [1.82, 2.24) is 10.9 Å². The lowest BCUT2D eigenvalue weighted by Crippen LogP contribution is -2.39. The van der Waals surface area contributed by atoms with Crippen molar-refractivity contribution >= 4 is 5.91 Å². The lowest BCUT2D eigenvalue weighted by Gasteiger charge is -2.32. The van der Waals surface area contributed by atoms with Gasteiger partial charge in [-0.3, -0.25) is 10.2 Å². The minimum absolute atomic E-state index is 0.139. The van der Waals surface area contributed by atoms with Crippen molar-refractivity contribution in [3.8, 4) is 0 Å². The second-order valence-corrected chi connectivity index (χ2v) is 6.26. The van der Waals surface area contributed by atoms with Gasteiger partial charge in [-0.1, -0.05) is 26.8 Å². The molecule has 3 nitrogen and oxygen atoms in total. The molecule has 0 saturated carbocycles. The number of hydrogen-bond acceptors (Lipinski definition) is 2. The number of carbonyl (C=O) groups excluding carboxylic acids is 1. The number of allylic oxidation sites excluding steroid dienone is 2. The van der Waals surface area contributed by atoms with Gasteiger partial charge in [-0.2, -0.15) is 0 Å². The van der Waals surface area contributed by atoms with Gasteiger partial charge in [-0.15, -0.1) is 0 Å². The van der Waals surface area contributed by atoms with Gasteiger partial charge in [0.2, 0.25) is 0 Å². The summed E-state index contributed by atoms with van der Waals surface area (Å²) in [5.41, 5.74) is 7.26. The van der Waals surface area contributed by atoms with Crippen molar-refractivity contribution in [3.63, 3.8) is 0 Å². The molecule has 0 aliphatic heterocycles. The Kier molecular flexibility index (Phi) is 4.12. The number of carbonyl (C=O) groups is 1. The van der Waals surface area contributed by atoms with E-state index in [0.29, 0.717) is 11.5 Å². The van der Waals surface area contributed by atoms with Gasteiger partial charge in [0.05, 0.1) is 0 Å². The molecule has 0 saturated heterocycles. The van der Waals surface area contributed by atoms with Crippen LogP contribution in [0.2, 0.25) is 0 Å². The lowest BCUT2D eigenvalue weighted by atomic mass is 9.76. The third kappa shape index (κ3) is 3.83. The zero-order valence-corrected chi connectivity index (χ0v) is 12.2. The molecule has 108 valence electrons. The molecule has 1 aliphatic carbocycles. The first kappa shape index (κ1) is 14.6. The second kappa shape index (κ2) is 5.65. The Morgan fingerprint density at radius 1 is 1.30 bits per heavy atom. The van der Waals surface area contributed by atoms with Crippen LogP contribution in [-0.4, -0.2) is 5.91 Å².